The Bertz CT molecular complexity index is 793. The Hall–Kier alpha value is -2.15. The van der Waals surface area contributed by atoms with Crippen LogP contribution < -0.4 is 24.4 Å². The van der Waals surface area contributed by atoms with E-state index in [9.17, 15) is 0 Å². The lowest BCUT2D eigenvalue weighted by atomic mass is 10.2. The maximum absolute atomic E-state index is 6.28. The van der Waals surface area contributed by atoms with Crippen LogP contribution in [0.4, 0.5) is 5.69 Å². The van der Waals surface area contributed by atoms with Crippen LogP contribution in [0.5, 0.6) is 17.2 Å². The van der Waals surface area contributed by atoms with E-state index >= 15 is 0 Å². The van der Waals surface area contributed by atoms with Gasteiger partial charge in [0, 0.05) is 38.4 Å². The predicted molar refractivity (Wildman–Crippen MR) is 123 cm³/mol. The van der Waals surface area contributed by atoms with Crippen molar-refractivity contribution < 1.29 is 14.2 Å². The zero-order valence-electron chi connectivity index (χ0n) is 18.1. The van der Waals surface area contributed by atoms with Crippen molar-refractivity contribution in [1.29, 1.82) is 0 Å². The van der Waals surface area contributed by atoms with Gasteiger partial charge in [-0.05, 0) is 61.5 Å². The van der Waals surface area contributed by atoms with E-state index in [1.165, 1.54) is 5.69 Å². The standard InChI is InChI=1S/C23H32ClN3O3/c1-28-20-7-5-19(6-8-20)27-13-11-26(12-14-27)10-4-9-25-17-18-15-21(24)23(30-3)22(16-18)29-2/h5-8,15-16,25H,4,9-14,17H2,1-3H3. The van der Waals surface area contributed by atoms with Crippen molar-refractivity contribution in [2.45, 2.75) is 13.0 Å². The van der Waals surface area contributed by atoms with Crippen molar-refractivity contribution in [1.82, 2.24) is 10.2 Å². The Labute approximate surface area is 184 Å². The summed E-state index contributed by atoms with van der Waals surface area (Å²) in [5.74, 6) is 2.15. The first-order chi connectivity index (χ1) is 14.6. The summed E-state index contributed by atoms with van der Waals surface area (Å²) in [6.07, 6.45) is 1.11. The molecule has 7 heteroatoms. The predicted octanol–water partition coefficient (Wildman–Crippen LogP) is 3.67. The van der Waals surface area contributed by atoms with Crippen molar-refractivity contribution in [3.63, 3.8) is 0 Å². The number of ether oxygens (including phenoxy) is 3. The number of hydrogen-bond acceptors (Lipinski definition) is 6. The molecular weight excluding hydrogens is 402 g/mol. The maximum Gasteiger partial charge on any atom is 0.179 e. The molecule has 0 atom stereocenters. The smallest absolute Gasteiger partial charge is 0.179 e. The number of methoxy groups -OCH3 is 3. The van der Waals surface area contributed by atoms with Crippen LogP contribution in [0.25, 0.3) is 0 Å². The van der Waals surface area contributed by atoms with Gasteiger partial charge in [0.25, 0.3) is 0 Å². The molecule has 0 aliphatic carbocycles. The molecule has 6 nitrogen and oxygen atoms in total. The topological polar surface area (TPSA) is 46.2 Å². The molecule has 3 rings (SSSR count). The van der Waals surface area contributed by atoms with Gasteiger partial charge < -0.3 is 24.4 Å². The van der Waals surface area contributed by atoms with Gasteiger partial charge in [0.1, 0.15) is 5.75 Å². The molecule has 0 saturated carbocycles. The van der Waals surface area contributed by atoms with Gasteiger partial charge in [-0.3, -0.25) is 4.90 Å². The zero-order valence-corrected chi connectivity index (χ0v) is 18.9. The number of benzene rings is 2. The highest BCUT2D eigenvalue weighted by atomic mass is 35.5. The fourth-order valence-corrected chi connectivity index (χ4v) is 4.07. The average molecular weight is 434 g/mol. The van der Waals surface area contributed by atoms with E-state index in [1.807, 2.05) is 24.3 Å². The Kier molecular flexibility index (Phi) is 8.49. The van der Waals surface area contributed by atoms with E-state index in [4.69, 9.17) is 25.8 Å². The first kappa shape index (κ1) is 22.5. The van der Waals surface area contributed by atoms with Gasteiger partial charge in [-0.25, -0.2) is 0 Å². The van der Waals surface area contributed by atoms with Crippen molar-refractivity contribution in [2.75, 3.05) is 65.5 Å². The zero-order chi connectivity index (χ0) is 21.3. The van der Waals surface area contributed by atoms with Gasteiger partial charge in [0.15, 0.2) is 11.5 Å². The monoisotopic (exact) mass is 433 g/mol. The van der Waals surface area contributed by atoms with Crippen LogP contribution in [-0.4, -0.2) is 65.5 Å². The van der Waals surface area contributed by atoms with Crippen LogP contribution in [0.2, 0.25) is 5.02 Å². The molecule has 0 amide bonds. The minimum Gasteiger partial charge on any atom is -0.497 e. The third-order valence-corrected chi connectivity index (χ3v) is 5.74. The van der Waals surface area contributed by atoms with Gasteiger partial charge in [0.05, 0.1) is 26.4 Å². The molecule has 1 aliphatic heterocycles. The molecular formula is C23H32ClN3O3. The Morgan fingerprint density at radius 2 is 1.67 bits per heavy atom. The van der Waals surface area contributed by atoms with Crippen LogP contribution >= 0.6 is 11.6 Å². The molecule has 1 fully saturated rings. The summed E-state index contributed by atoms with van der Waals surface area (Å²) in [5, 5.41) is 4.07. The minimum atomic E-state index is 0.573. The van der Waals surface area contributed by atoms with Gasteiger partial charge >= 0.3 is 0 Å². The molecule has 164 valence electrons. The fraction of sp³-hybridized carbons (Fsp3) is 0.478. The van der Waals surface area contributed by atoms with Gasteiger partial charge in [0.2, 0.25) is 0 Å². The summed E-state index contributed by atoms with van der Waals surface area (Å²) in [6, 6.07) is 12.2. The number of nitrogens with zero attached hydrogens (tertiary/aromatic N) is 2. The molecule has 30 heavy (non-hydrogen) atoms. The third kappa shape index (κ3) is 5.94. The molecule has 1 N–H and O–H groups in total. The van der Waals surface area contributed by atoms with Crippen molar-refractivity contribution in [2.24, 2.45) is 0 Å². The fourth-order valence-electron chi connectivity index (χ4n) is 3.76. The van der Waals surface area contributed by atoms with Gasteiger partial charge in [-0.2, -0.15) is 0 Å². The van der Waals surface area contributed by atoms with Crippen LogP contribution in [0, 0.1) is 0 Å². The van der Waals surface area contributed by atoms with Crippen molar-refractivity contribution in [3.05, 3.63) is 47.0 Å². The minimum absolute atomic E-state index is 0.573. The van der Waals surface area contributed by atoms with E-state index in [0.29, 0.717) is 16.5 Å². The molecule has 1 heterocycles. The lowest BCUT2D eigenvalue weighted by Crippen LogP contribution is -2.46. The van der Waals surface area contributed by atoms with E-state index in [0.717, 1.165) is 63.5 Å². The Morgan fingerprint density at radius 1 is 0.933 bits per heavy atom. The highest BCUT2D eigenvalue weighted by Gasteiger charge is 2.17. The van der Waals surface area contributed by atoms with Crippen LogP contribution in [0.3, 0.4) is 0 Å². The number of nitrogens with one attached hydrogen (secondary N) is 1. The normalized spacial score (nSPS) is 14.6. The number of piperazine rings is 1. The summed E-state index contributed by atoms with van der Waals surface area (Å²) >= 11 is 6.28. The van der Waals surface area contributed by atoms with E-state index in [2.05, 4.69) is 27.2 Å². The quantitative estimate of drug-likeness (QED) is 0.577. The molecule has 0 radical (unpaired) electrons. The molecule has 0 bridgehead atoms. The van der Waals surface area contributed by atoms with Crippen LogP contribution in [-0.2, 0) is 6.54 Å². The lowest BCUT2D eigenvalue weighted by Gasteiger charge is -2.36. The van der Waals surface area contributed by atoms with Crippen LogP contribution in [0.15, 0.2) is 36.4 Å². The highest BCUT2D eigenvalue weighted by Crippen LogP contribution is 2.35. The second-order valence-electron chi connectivity index (χ2n) is 7.37. The van der Waals surface area contributed by atoms with E-state index in [1.54, 1.807) is 21.3 Å². The van der Waals surface area contributed by atoms with Gasteiger partial charge in [-0.1, -0.05) is 11.6 Å². The second-order valence-corrected chi connectivity index (χ2v) is 7.78. The van der Waals surface area contributed by atoms with E-state index in [-0.39, 0.29) is 0 Å². The number of rotatable bonds is 10. The summed E-state index contributed by atoms with van der Waals surface area (Å²) in [6.45, 7) is 7.13. The number of halogens is 1. The third-order valence-electron chi connectivity index (χ3n) is 5.46. The van der Waals surface area contributed by atoms with Crippen molar-refractivity contribution in [3.8, 4) is 17.2 Å². The highest BCUT2D eigenvalue weighted by molar-refractivity contribution is 6.32. The molecule has 0 unspecified atom stereocenters. The largest absolute Gasteiger partial charge is 0.497 e. The molecule has 2 aromatic carbocycles. The first-order valence-electron chi connectivity index (χ1n) is 10.4. The Balaban J connectivity index is 1.35. The number of anilines is 1. The first-order valence-corrected chi connectivity index (χ1v) is 10.7. The maximum atomic E-state index is 6.28. The summed E-state index contributed by atoms with van der Waals surface area (Å²) < 4.78 is 15.9. The van der Waals surface area contributed by atoms with E-state index < -0.39 is 0 Å². The van der Waals surface area contributed by atoms with Gasteiger partial charge in [-0.15, -0.1) is 0 Å². The molecule has 1 saturated heterocycles. The summed E-state index contributed by atoms with van der Waals surface area (Å²) in [7, 11) is 4.92. The van der Waals surface area contributed by atoms with Crippen molar-refractivity contribution >= 4 is 17.3 Å². The van der Waals surface area contributed by atoms with Crippen LogP contribution in [0.1, 0.15) is 12.0 Å². The Morgan fingerprint density at radius 3 is 2.30 bits per heavy atom. The molecule has 1 aliphatic rings. The summed E-state index contributed by atoms with van der Waals surface area (Å²) in [5.41, 5.74) is 2.36. The summed E-state index contributed by atoms with van der Waals surface area (Å²) in [4.78, 5) is 4.98. The number of hydrogen-bond donors (Lipinski definition) is 1. The molecule has 0 aromatic heterocycles. The molecule has 2 aromatic rings. The SMILES string of the molecule is COc1ccc(N2CCN(CCCNCc3cc(Cl)c(OC)c(OC)c3)CC2)cc1. The lowest BCUT2D eigenvalue weighted by molar-refractivity contribution is 0.254. The second kappa shape index (κ2) is 11.3. The average Bonchev–Trinajstić information content (AvgIpc) is 2.79. The molecule has 0 spiro atoms.